The minimum atomic E-state index is -2.49. The van der Waals surface area contributed by atoms with Gasteiger partial charge in [-0.3, -0.25) is 19.2 Å². The normalized spacial score (nSPS) is 63.7. The fourth-order valence-corrected chi connectivity index (χ4v) is 19.8. The van der Waals surface area contributed by atoms with E-state index in [4.69, 9.17) is 14.2 Å². The van der Waals surface area contributed by atoms with Gasteiger partial charge >= 0.3 is 0 Å². The Balaban J connectivity index is 0.939. The number of ether oxygens (including phenoxy) is 3. The average Bonchev–Trinajstić information content (AvgIpc) is 3.92. The van der Waals surface area contributed by atoms with Crippen LogP contribution in [-0.4, -0.2) is 115 Å². The molecule has 10 aliphatic carbocycles. The zero-order chi connectivity index (χ0) is 41.9. The van der Waals surface area contributed by atoms with Crippen molar-refractivity contribution in [2.45, 2.75) is 108 Å². The zero-order valence-electron chi connectivity index (χ0n) is 34.0. The minimum absolute atomic E-state index is 0.0566. The molecule has 15 fully saturated rings. The van der Waals surface area contributed by atoms with E-state index in [1.165, 1.54) is 6.92 Å². The third-order valence-electron chi connectivity index (χ3n) is 21.4. The summed E-state index contributed by atoms with van der Waals surface area (Å²) in [4.78, 5) is 58.0. The lowest BCUT2D eigenvalue weighted by atomic mass is 9.22. The molecule has 5 aliphatic heterocycles. The molecule has 1 amide bonds. The number of hydrogen-bond acceptors (Lipinski definition) is 13. The number of carbonyl (C=O) groups excluding carboxylic acids is 4. The number of hydrogen-bond donors (Lipinski definition) is 7. The van der Waals surface area contributed by atoms with Gasteiger partial charge in [0.25, 0.3) is 0 Å². The lowest BCUT2D eigenvalue weighted by Crippen LogP contribution is -2.95. The van der Waals surface area contributed by atoms with Gasteiger partial charge < -0.3 is 50.2 Å². The lowest BCUT2D eigenvalue weighted by molar-refractivity contribution is -0.515. The Hall–Kier alpha value is -2.40. The number of fused-ring (bicyclic) bond motifs is 5. The predicted octanol–water partition coefficient (Wildman–Crippen LogP) is 0.00730. The standard InChI is InChI=1S/C45H55NO13/c1-14-16-8-10-18-41-13-58-45(42(18)23(16)20(14)33(42)51,35(53)27(41)38(5,6)28-22(32(41)50)36(54)46-28)59-39(7,55)25-21-24(25)37(3,4)26-34(52)44(56)43-19(40(26,12-57-44)31(21)49)11-9-17(30(43)48)15(2)29(43)47/h16-28,30,32,34-35,48,50,52-53,55-56H,1-2,8-13H2,3-7H3,(H,46,54)/t16-,17-,18-,19-,20?,21?,22?,23-,24?,25?,26+,27+,28?,30-,32?,34-,35-,39?,40-,41-,42+,43-,44+,45-/m0/s1. The summed E-state index contributed by atoms with van der Waals surface area (Å²) in [7, 11) is 0. The Kier molecular flexibility index (Phi) is 6.12. The molecule has 318 valence electrons. The first-order valence-corrected chi connectivity index (χ1v) is 22.0. The number of Topliss-reactive ketones (excluding diaryl/α,β-unsaturated/α-hetero) is 3. The fourth-order valence-electron chi connectivity index (χ4n) is 19.8. The molecule has 0 radical (unpaired) electrons. The monoisotopic (exact) mass is 817 g/mol. The van der Waals surface area contributed by atoms with E-state index in [1.807, 2.05) is 27.7 Å². The number of aliphatic hydroxyl groups excluding tert-OH is 4. The summed E-state index contributed by atoms with van der Waals surface area (Å²) in [6, 6.07) is -0.459. The van der Waals surface area contributed by atoms with Crippen LogP contribution in [0.15, 0.2) is 24.3 Å². The van der Waals surface area contributed by atoms with Crippen molar-refractivity contribution in [2.24, 2.45) is 104 Å². The van der Waals surface area contributed by atoms with Crippen LogP contribution in [-0.2, 0) is 33.4 Å². The molecule has 10 saturated carbocycles. The number of aliphatic hydroxyl groups is 6. The van der Waals surface area contributed by atoms with Gasteiger partial charge in [-0.15, -0.1) is 0 Å². The number of carbonyl (C=O) groups is 4. The van der Waals surface area contributed by atoms with Crippen LogP contribution in [0, 0.1) is 104 Å². The van der Waals surface area contributed by atoms with Crippen LogP contribution in [0.4, 0.5) is 0 Å². The fraction of sp³-hybridized carbons (Fsp3) is 0.822. The van der Waals surface area contributed by atoms with E-state index in [1.54, 1.807) is 0 Å². The predicted molar refractivity (Wildman–Crippen MR) is 198 cm³/mol. The van der Waals surface area contributed by atoms with E-state index < -0.39 is 145 Å². The van der Waals surface area contributed by atoms with Crippen molar-refractivity contribution in [3.05, 3.63) is 24.3 Å². The van der Waals surface area contributed by atoms with Crippen molar-refractivity contribution >= 4 is 23.3 Å². The Bertz CT molecular complexity index is 2200. The third-order valence-corrected chi connectivity index (χ3v) is 21.4. The van der Waals surface area contributed by atoms with Crippen molar-refractivity contribution in [2.75, 3.05) is 13.2 Å². The van der Waals surface area contributed by atoms with Gasteiger partial charge in [0.05, 0.1) is 42.2 Å². The molecule has 0 aromatic heterocycles. The summed E-state index contributed by atoms with van der Waals surface area (Å²) in [5.41, 5.74) is -6.94. The Morgan fingerprint density at radius 1 is 0.763 bits per heavy atom. The molecule has 8 unspecified atom stereocenters. The quantitative estimate of drug-likeness (QED) is 0.0863. The third kappa shape index (κ3) is 3.03. The number of ketones is 3. The van der Waals surface area contributed by atoms with Crippen molar-refractivity contribution < 1.29 is 64.0 Å². The molecule has 14 heteroatoms. The maximum Gasteiger partial charge on any atom is 0.228 e. The van der Waals surface area contributed by atoms with Gasteiger partial charge in [-0.2, -0.15) is 0 Å². The SMILES string of the molecule is C=C1C2C(=O)[C@]34[C@H]2[C@H]1CC[C@H]3[C@@]12CO[C@]4(OC(C)(O)C3C4C(=O)[C@]56CO[C@](O)([C@@H](O)[C@@H]5C(C)(C)C43)[C@]34C(=O)C(=C)[C@H](CC[C@@H]63)[C@@H]4O)[C@@H](O)[C@@H]1C(C)(C)C1NC(=O)C1C2O. The largest absolute Gasteiger partial charge is 0.392 e. The van der Waals surface area contributed by atoms with Crippen molar-refractivity contribution in [3.8, 4) is 0 Å². The van der Waals surface area contributed by atoms with Crippen molar-refractivity contribution in [3.63, 3.8) is 0 Å². The van der Waals surface area contributed by atoms with Gasteiger partial charge in [0, 0.05) is 47.0 Å². The van der Waals surface area contributed by atoms with E-state index in [0.29, 0.717) is 25.7 Å². The van der Waals surface area contributed by atoms with Gasteiger partial charge in [0.1, 0.15) is 23.4 Å². The van der Waals surface area contributed by atoms with Crippen LogP contribution < -0.4 is 5.32 Å². The van der Waals surface area contributed by atoms with Crippen LogP contribution >= 0.6 is 0 Å². The van der Waals surface area contributed by atoms with E-state index in [9.17, 15) is 40.2 Å². The molecule has 24 atom stereocenters. The summed E-state index contributed by atoms with van der Waals surface area (Å²) in [5, 5.41) is 78.2. The van der Waals surface area contributed by atoms with Crippen LogP contribution in [0.1, 0.15) is 60.3 Å². The van der Waals surface area contributed by atoms with Crippen LogP contribution in [0.5, 0.6) is 0 Å². The Morgan fingerprint density at radius 3 is 2.14 bits per heavy atom. The molecule has 5 heterocycles. The summed E-state index contributed by atoms with van der Waals surface area (Å²) in [6.07, 6.45) is -4.01. The molecule has 7 N–H and O–H groups in total. The maximum atomic E-state index is 15.5. The second-order valence-corrected chi connectivity index (χ2v) is 23.1. The summed E-state index contributed by atoms with van der Waals surface area (Å²) >= 11 is 0. The van der Waals surface area contributed by atoms with Gasteiger partial charge in [-0.05, 0) is 78.6 Å². The highest BCUT2D eigenvalue weighted by molar-refractivity contribution is 6.06. The molecule has 15 aliphatic rings. The second-order valence-electron chi connectivity index (χ2n) is 23.1. The number of amides is 1. The van der Waals surface area contributed by atoms with E-state index in [2.05, 4.69) is 18.5 Å². The van der Waals surface area contributed by atoms with E-state index in [-0.39, 0.29) is 48.1 Å². The maximum absolute atomic E-state index is 15.5. The van der Waals surface area contributed by atoms with Gasteiger partial charge in [-0.25, -0.2) is 0 Å². The van der Waals surface area contributed by atoms with E-state index >= 15 is 9.59 Å². The van der Waals surface area contributed by atoms with Crippen molar-refractivity contribution in [1.29, 1.82) is 0 Å². The minimum Gasteiger partial charge on any atom is -0.392 e. The molecular weight excluding hydrogens is 762 g/mol. The summed E-state index contributed by atoms with van der Waals surface area (Å²) in [6.45, 7) is 17.0. The highest BCUT2D eigenvalue weighted by Crippen LogP contribution is 2.86. The van der Waals surface area contributed by atoms with E-state index in [0.717, 1.165) is 5.57 Å². The molecule has 4 spiro atoms. The molecular formula is C45H55NO13. The highest BCUT2D eigenvalue weighted by atomic mass is 16.8. The van der Waals surface area contributed by atoms with Crippen LogP contribution in [0.2, 0.25) is 0 Å². The molecule has 14 nitrogen and oxygen atoms in total. The first kappa shape index (κ1) is 37.2. The highest BCUT2D eigenvalue weighted by Gasteiger charge is 2.96. The molecule has 15 rings (SSSR count). The Morgan fingerprint density at radius 2 is 1.44 bits per heavy atom. The molecule has 0 aromatic carbocycles. The number of allylic oxidation sites excluding steroid dienone is 1. The first-order chi connectivity index (χ1) is 27.5. The number of rotatable bonds is 3. The van der Waals surface area contributed by atoms with Gasteiger partial charge in [-0.1, -0.05) is 46.4 Å². The van der Waals surface area contributed by atoms with Crippen LogP contribution in [0.25, 0.3) is 0 Å². The molecule has 5 saturated heterocycles. The van der Waals surface area contributed by atoms with Gasteiger partial charge in [0.15, 0.2) is 17.4 Å². The zero-order valence-corrected chi connectivity index (χ0v) is 34.0. The molecule has 59 heavy (non-hydrogen) atoms. The smallest absolute Gasteiger partial charge is 0.228 e. The molecule has 6 bridgehead atoms. The van der Waals surface area contributed by atoms with Gasteiger partial charge in [0.2, 0.25) is 17.5 Å². The number of β-lactam (4-membered cyclic amide) rings is 1. The summed E-state index contributed by atoms with van der Waals surface area (Å²) < 4.78 is 20.1. The second kappa shape index (κ2) is 9.72. The number of nitrogens with one attached hydrogen (secondary N) is 1. The Labute approximate surface area is 341 Å². The topological polar surface area (TPSA) is 229 Å². The first-order valence-electron chi connectivity index (χ1n) is 22.0. The van der Waals surface area contributed by atoms with Crippen LogP contribution in [0.3, 0.4) is 0 Å². The summed E-state index contributed by atoms with van der Waals surface area (Å²) in [5.74, 6) is -15.9. The average molecular weight is 818 g/mol. The lowest BCUT2D eigenvalue weighted by Gasteiger charge is -2.85. The molecule has 0 aromatic rings. The van der Waals surface area contributed by atoms with Crippen molar-refractivity contribution in [1.82, 2.24) is 5.32 Å².